The Kier molecular flexibility index (Phi) is 7.92. The Morgan fingerprint density at radius 2 is 1.94 bits per heavy atom. The van der Waals surface area contributed by atoms with E-state index in [0.29, 0.717) is 0 Å². The van der Waals surface area contributed by atoms with E-state index < -0.39 is 0 Å². The van der Waals surface area contributed by atoms with Crippen molar-refractivity contribution in [2.24, 2.45) is 17.8 Å². The molecular weight excluding hydrogens is 222 g/mol. The zero-order valence-electron chi connectivity index (χ0n) is 12.9. The van der Waals surface area contributed by atoms with Gasteiger partial charge in [-0.05, 0) is 56.4 Å². The Balaban J connectivity index is 2.39. The van der Waals surface area contributed by atoms with Crippen LogP contribution in [0.5, 0.6) is 0 Å². The van der Waals surface area contributed by atoms with Crippen LogP contribution >= 0.6 is 0 Å². The molecule has 3 unspecified atom stereocenters. The van der Waals surface area contributed by atoms with E-state index >= 15 is 0 Å². The van der Waals surface area contributed by atoms with Crippen molar-refractivity contribution in [2.45, 2.75) is 65.8 Å². The van der Waals surface area contributed by atoms with Crippen molar-refractivity contribution in [1.29, 1.82) is 0 Å². The van der Waals surface area contributed by atoms with Gasteiger partial charge in [-0.25, -0.2) is 0 Å². The molecule has 0 aromatic heterocycles. The van der Waals surface area contributed by atoms with Gasteiger partial charge in [0, 0.05) is 19.3 Å². The lowest BCUT2D eigenvalue weighted by molar-refractivity contribution is 0.0900. The van der Waals surface area contributed by atoms with Crippen LogP contribution in [0.4, 0.5) is 0 Å². The molecule has 18 heavy (non-hydrogen) atoms. The second-order valence-corrected chi connectivity index (χ2v) is 6.14. The maximum absolute atomic E-state index is 5.68. The topological polar surface area (TPSA) is 21.3 Å². The molecule has 2 nitrogen and oxygen atoms in total. The van der Waals surface area contributed by atoms with Gasteiger partial charge in [-0.3, -0.25) is 0 Å². The van der Waals surface area contributed by atoms with Crippen molar-refractivity contribution in [1.82, 2.24) is 5.32 Å². The summed E-state index contributed by atoms with van der Waals surface area (Å²) in [7, 11) is 0. The number of hydrogen-bond donors (Lipinski definition) is 1. The van der Waals surface area contributed by atoms with E-state index in [1.165, 1.54) is 25.7 Å². The lowest BCUT2D eigenvalue weighted by Gasteiger charge is -2.38. The third-order valence-electron chi connectivity index (χ3n) is 4.41. The molecule has 0 spiro atoms. The van der Waals surface area contributed by atoms with Gasteiger partial charge in [0.2, 0.25) is 0 Å². The fraction of sp³-hybridized carbons (Fsp3) is 1.00. The van der Waals surface area contributed by atoms with E-state index in [2.05, 4.69) is 33.0 Å². The zero-order chi connectivity index (χ0) is 13.4. The first-order valence-electron chi connectivity index (χ1n) is 8.00. The summed E-state index contributed by atoms with van der Waals surface area (Å²) in [5, 5.41) is 3.68. The first kappa shape index (κ1) is 16.0. The summed E-state index contributed by atoms with van der Waals surface area (Å²) in [5.41, 5.74) is 0. The quantitative estimate of drug-likeness (QED) is 0.665. The summed E-state index contributed by atoms with van der Waals surface area (Å²) in [6.45, 7) is 12.1. The number of rotatable bonds is 8. The van der Waals surface area contributed by atoms with Crippen molar-refractivity contribution in [2.75, 3.05) is 19.8 Å². The van der Waals surface area contributed by atoms with Crippen molar-refractivity contribution in [3.05, 3.63) is 0 Å². The molecule has 0 saturated heterocycles. The fourth-order valence-corrected chi connectivity index (χ4v) is 3.24. The van der Waals surface area contributed by atoms with E-state index in [0.717, 1.165) is 50.0 Å². The molecule has 1 fully saturated rings. The zero-order valence-corrected chi connectivity index (χ0v) is 12.9. The molecule has 1 aliphatic rings. The van der Waals surface area contributed by atoms with Crippen LogP contribution in [-0.4, -0.2) is 25.8 Å². The maximum Gasteiger partial charge on any atom is 0.0469 e. The van der Waals surface area contributed by atoms with Gasteiger partial charge in [0.05, 0.1) is 0 Å². The summed E-state index contributed by atoms with van der Waals surface area (Å²) in [4.78, 5) is 0. The highest BCUT2D eigenvalue weighted by Gasteiger charge is 2.30. The van der Waals surface area contributed by atoms with Gasteiger partial charge in [0.15, 0.2) is 0 Å². The minimum atomic E-state index is 0.732. The monoisotopic (exact) mass is 255 g/mol. The number of nitrogens with one attached hydrogen (secondary N) is 1. The van der Waals surface area contributed by atoms with E-state index in [1.807, 2.05) is 0 Å². The second kappa shape index (κ2) is 8.92. The predicted octanol–water partition coefficient (Wildman–Crippen LogP) is 3.85. The van der Waals surface area contributed by atoms with Gasteiger partial charge in [0.25, 0.3) is 0 Å². The average molecular weight is 255 g/mol. The van der Waals surface area contributed by atoms with Crippen LogP contribution < -0.4 is 5.32 Å². The first-order chi connectivity index (χ1) is 8.69. The Morgan fingerprint density at radius 1 is 1.17 bits per heavy atom. The third-order valence-corrected chi connectivity index (χ3v) is 4.41. The molecule has 0 aromatic carbocycles. The van der Waals surface area contributed by atoms with Crippen LogP contribution in [0.15, 0.2) is 0 Å². The second-order valence-electron chi connectivity index (χ2n) is 6.14. The van der Waals surface area contributed by atoms with Crippen LogP contribution in [0.2, 0.25) is 0 Å². The van der Waals surface area contributed by atoms with Crippen molar-refractivity contribution < 1.29 is 4.74 Å². The molecule has 1 saturated carbocycles. The van der Waals surface area contributed by atoms with Crippen LogP contribution in [0.25, 0.3) is 0 Å². The summed E-state index contributed by atoms with van der Waals surface area (Å²) < 4.78 is 5.68. The molecule has 0 radical (unpaired) electrons. The van der Waals surface area contributed by atoms with Gasteiger partial charge < -0.3 is 10.1 Å². The third kappa shape index (κ3) is 5.27. The molecule has 0 aliphatic heterocycles. The molecule has 0 amide bonds. The lowest BCUT2D eigenvalue weighted by atomic mass is 9.72. The highest BCUT2D eigenvalue weighted by Crippen LogP contribution is 2.35. The molecular formula is C16H33NO. The minimum Gasteiger partial charge on any atom is -0.381 e. The summed E-state index contributed by atoms with van der Waals surface area (Å²) >= 11 is 0. The van der Waals surface area contributed by atoms with Crippen molar-refractivity contribution >= 4 is 0 Å². The highest BCUT2D eigenvalue weighted by atomic mass is 16.5. The number of hydrogen-bond acceptors (Lipinski definition) is 2. The Morgan fingerprint density at radius 3 is 2.56 bits per heavy atom. The van der Waals surface area contributed by atoms with Crippen molar-refractivity contribution in [3.63, 3.8) is 0 Å². The summed E-state index contributed by atoms with van der Waals surface area (Å²) in [6, 6.07) is 0.732. The molecule has 1 N–H and O–H groups in total. The lowest BCUT2D eigenvalue weighted by Crippen LogP contribution is -2.41. The Bertz CT molecular complexity index is 205. The molecule has 0 aromatic rings. The Labute approximate surface area is 114 Å². The smallest absolute Gasteiger partial charge is 0.0469 e. The van der Waals surface area contributed by atoms with Crippen LogP contribution in [0.3, 0.4) is 0 Å². The van der Waals surface area contributed by atoms with Gasteiger partial charge >= 0.3 is 0 Å². The highest BCUT2D eigenvalue weighted by molar-refractivity contribution is 4.85. The van der Waals surface area contributed by atoms with E-state index in [1.54, 1.807) is 0 Å². The molecule has 0 heterocycles. The molecule has 1 aliphatic carbocycles. The van der Waals surface area contributed by atoms with Gasteiger partial charge in [-0.1, -0.05) is 27.7 Å². The van der Waals surface area contributed by atoms with E-state index in [-0.39, 0.29) is 0 Å². The van der Waals surface area contributed by atoms with Crippen LogP contribution in [-0.2, 0) is 4.74 Å². The van der Waals surface area contributed by atoms with Crippen molar-refractivity contribution in [3.8, 4) is 0 Å². The SMILES string of the molecule is CCCOCCC1CC(C(C)C)CCC1NCC. The molecule has 1 rings (SSSR count). The number of ether oxygens (including phenoxy) is 1. The van der Waals surface area contributed by atoms with Crippen LogP contribution in [0, 0.1) is 17.8 Å². The molecule has 108 valence electrons. The Hall–Kier alpha value is -0.0800. The van der Waals surface area contributed by atoms with E-state index in [4.69, 9.17) is 4.74 Å². The largest absolute Gasteiger partial charge is 0.381 e. The van der Waals surface area contributed by atoms with E-state index in [9.17, 15) is 0 Å². The average Bonchev–Trinajstić information content (AvgIpc) is 2.36. The first-order valence-corrected chi connectivity index (χ1v) is 8.00. The standard InChI is InChI=1S/C16H33NO/c1-5-10-18-11-9-15-12-14(13(3)4)7-8-16(15)17-6-2/h13-17H,5-12H2,1-4H3. The fourth-order valence-electron chi connectivity index (χ4n) is 3.24. The minimum absolute atomic E-state index is 0.732. The predicted molar refractivity (Wildman–Crippen MR) is 78.9 cm³/mol. The maximum atomic E-state index is 5.68. The molecule has 0 bridgehead atoms. The summed E-state index contributed by atoms with van der Waals surface area (Å²) in [5.74, 6) is 2.59. The van der Waals surface area contributed by atoms with Crippen LogP contribution in [0.1, 0.15) is 59.8 Å². The van der Waals surface area contributed by atoms with Gasteiger partial charge in [-0.15, -0.1) is 0 Å². The normalized spacial score (nSPS) is 28.8. The molecule has 2 heteroatoms. The summed E-state index contributed by atoms with van der Waals surface area (Å²) in [6.07, 6.45) is 6.53. The molecule has 3 atom stereocenters. The van der Waals surface area contributed by atoms with Gasteiger partial charge in [0.1, 0.15) is 0 Å². The van der Waals surface area contributed by atoms with Gasteiger partial charge in [-0.2, -0.15) is 0 Å².